The molecular formula is C24H23N3O6S. The lowest BCUT2D eigenvalue weighted by Crippen LogP contribution is -2.15. The largest absolute Gasteiger partial charge is 0.493 e. The van der Waals surface area contributed by atoms with Crippen molar-refractivity contribution in [3.8, 4) is 27.7 Å². The number of carbonyl (C=O) groups is 2. The Morgan fingerprint density at radius 3 is 2.32 bits per heavy atom. The summed E-state index contributed by atoms with van der Waals surface area (Å²) in [6.07, 6.45) is 3.52. The van der Waals surface area contributed by atoms with Crippen molar-refractivity contribution < 1.29 is 28.5 Å². The van der Waals surface area contributed by atoms with Crippen LogP contribution in [0.4, 0.5) is 5.69 Å². The van der Waals surface area contributed by atoms with Gasteiger partial charge >= 0.3 is 5.97 Å². The Kier molecular flexibility index (Phi) is 6.69. The van der Waals surface area contributed by atoms with Gasteiger partial charge in [-0.1, -0.05) is 29.5 Å². The molecule has 0 amide bonds. The molecule has 10 heteroatoms. The number of esters is 1. The number of imidazole rings is 1. The maximum absolute atomic E-state index is 13.0. The molecule has 0 radical (unpaired) electrons. The number of nitrogens with one attached hydrogen (secondary N) is 1. The Hall–Kier alpha value is -4.05. The molecule has 0 unspecified atom stereocenters. The SMILES string of the molecule is COC(=O)c1cn2cc(-c3ccccc3NCC(=O)c3cc(OC)c(OC)c(OC)c3)sc2n1. The van der Waals surface area contributed by atoms with Gasteiger partial charge in [-0.2, -0.15) is 0 Å². The van der Waals surface area contributed by atoms with Gasteiger partial charge in [0.25, 0.3) is 0 Å². The molecule has 2 heterocycles. The lowest BCUT2D eigenvalue weighted by molar-refractivity contribution is 0.0594. The monoisotopic (exact) mass is 481 g/mol. The normalized spacial score (nSPS) is 10.7. The van der Waals surface area contributed by atoms with Crippen LogP contribution < -0.4 is 19.5 Å². The third-order valence-electron chi connectivity index (χ3n) is 5.17. The van der Waals surface area contributed by atoms with Crippen molar-refractivity contribution in [3.63, 3.8) is 0 Å². The highest BCUT2D eigenvalue weighted by atomic mass is 32.1. The third kappa shape index (κ3) is 4.40. The van der Waals surface area contributed by atoms with Crippen LogP contribution in [-0.2, 0) is 4.74 Å². The molecular weight excluding hydrogens is 458 g/mol. The van der Waals surface area contributed by atoms with Gasteiger partial charge in [0.1, 0.15) is 0 Å². The van der Waals surface area contributed by atoms with Gasteiger partial charge in [-0.3, -0.25) is 9.20 Å². The van der Waals surface area contributed by atoms with E-state index >= 15 is 0 Å². The van der Waals surface area contributed by atoms with Crippen LogP contribution in [0.1, 0.15) is 20.8 Å². The fraction of sp³-hybridized carbons (Fsp3) is 0.208. The molecule has 0 fully saturated rings. The molecule has 0 aliphatic rings. The van der Waals surface area contributed by atoms with E-state index in [0.717, 1.165) is 16.1 Å². The molecule has 0 saturated carbocycles. The summed E-state index contributed by atoms with van der Waals surface area (Å²) in [5, 5.41) is 3.23. The molecule has 0 saturated heterocycles. The predicted molar refractivity (Wildman–Crippen MR) is 129 cm³/mol. The first kappa shape index (κ1) is 23.1. The van der Waals surface area contributed by atoms with E-state index in [-0.39, 0.29) is 18.0 Å². The molecule has 9 nitrogen and oxygen atoms in total. The van der Waals surface area contributed by atoms with Crippen LogP contribution in [-0.4, -0.2) is 56.1 Å². The minimum absolute atomic E-state index is 0.0602. The number of para-hydroxylation sites is 1. The Labute approximate surface area is 199 Å². The molecule has 4 aromatic rings. The summed E-state index contributed by atoms with van der Waals surface area (Å²) in [7, 11) is 5.85. The number of thiazole rings is 1. The number of nitrogens with zero attached hydrogens (tertiary/aromatic N) is 2. The number of Topliss-reactive ketones (excluding diaryl/α,β-unsaturated/α-hetero) is 1. The molecule has 34 heavy (non-hydrogen) atoms. The molecule has 2 aromatic heterocycles. The van der Waals surface area contributed by atoms with Crippen LogP contribution in [0, 0.1) is 0 Å². The molecule has 2 aromatic carbocycles. The van der Waals surface area contributed by atoms with Gasteiger partial charge in [-0.15, -0.1) is 0 Å². The molecule has 0 aliphatic carbocycles. The lowest BCUT2D eigenvalue weighted by atomic mass is 10.1. The number of carbonyl (C=O) groups excluding carboxylic acids is 2. The molecule has 4 rings (SSSR count). The van der Waals surface area contributed by atoms with E-state index in [9.17, 15) is 9.59 Å². The van der Waals surface area contributed by atoms with Gasteiger partial charge in [-0.05, 0) is 18.2 Å². The van der Waals surface area contributed by atoms with Gasteiger partial charge < -0.3 is 24.3 Å². The quantitative estimate of drug-likeness (QED) is 0.281. The molecule has 0 spiro atoms. The summed E-state index contributed by atoms with van der Waals surface area (Å²) in [6, 6.07) is 10.9. The van der Waals surface area contributed by atoms with Crippen LogP contribution >= 0.6 is 11.3 Å². The van der Waals surface area contributed by atoms with E-state index in [4.69, 9.17) is 18.9 Å². The number of anilines is 1. The van der Waals surface area contributed by atoms with E-state index in [1.54, 1.807) is 22.7 Å². The number of ether oxygens (including phenoxy) is 4. The summed E-state index contributed by atoms with van der Waals surface area (Å²) < 4.78 is 22.5. The van der Waals surface area contributed by atoms with Gasteiger partial charge in [0.15, 0.2) is 27.9 Å². The first-order valence-corrected chi connectivity index (χ1v) is 11.0. The maximum atomic E-state index is 13.0. The first-order valence-electron chi connectivity index (χ1n) is 10.2. The zero-order valence-electron chi connectivity index (χ0n) is 19.1. The van der Waals surface area contributed by atoms with Crippen molar-refractivity contribution >= 4 is 33.7 Å². The van der Waals surface area contributed by atoms with Crippen LogP contribution in [0.3, 0.4) is 0 Å². The highest BCUT2D eigenvalue weighted by molar-refractivity contribution is 7.20. The van der Waals surface area contributed by atoms with Gasteiger partial charge in [-0.25, -0.2) is 9.78 Å². The number of methoxy groups -OCH3 is 4. The van der Waals surface area contributed by atoms with E-state index in [1.807, 2.05) is 30.5 Å². The lowest BCUT2D eigenvalue weighted by Gasteiger charge is -2.14. The summed E-state index contributed by atoms with van der Waals surface area (Å²) in [4.78, 5) is 30.6. The van der Waals surface area contributed by atoms with Crippen LogP contribution in [0.15, 0.2) is 48.8 Å². The van der Waals surface area contributed by atoms with Crippen molar-refractivity contribution in [2.24, 2.45) is 0 Å². The number of aromatic nitrogens is 2. The fourth-order valence-electron chi connectivity index (χ4n) is 3.49. The van der Waals surface area contributed by atoms with Gasteiger partial charge in [0, 0.05) is 29.2 Å². The second-order valence-electron chi connectivity index (χ2n) is 7.14. The minimum Gasteiger partial charge on any atom is -0.493 e. The van der Waals surface area contributed by atoms with Crippen molar-refractivity contribution in [3.05, 3.63) is 60.0 Å². The van der Waals surface area contributed by atoms with E-state index in [0.29, 0.717) is 27.8 Å². The highest BCUT2D eigenvalue weighted by Gasteiger charge is 2.18. The zero-order valence-corrected chi connectivity index (χ0v) is 19.9. The summed E-state index contributed by atoms with van der Waals surface area (Å²) in [5.74, 6) is 0.637. The summed E-state index contributed by atoms with van der Waals surface area (Å²) in [6.45, 7) is 0.0602. The second kappa shape index (κ2) is 9.84. The highest BCUT2D eigenvalue weighted by Crippen LogP contribution is 2.38. The summed E-state index contributed by atoms with van der Waals surface area (Å²) >= 11 is 1.43. The van der Waals surface area contributed by atoms with E-state index in [2.05, 4.69) is 10.3 Å². The van der Waals surface area contributed by atoms with Gasteiger partial charge in [0.05, 0.1) is 39.9 Å². The van der Waals surface area contributed by atoms with Crippen molar-refractivity contribution in [2.75, 3.05) is 40.3 Å². The molecule has 1 N–H and O–H groups in total. The van der Waals surface area contributed by atoms with Crippen LogP contribution in [0.25, 0.3) is 15.4 Å². The number of fused-ring (bicyclic) bond motifs is 1. The number of hydrogen-bond donors (Lipinski definition) is 1. The molecule has 0 aliphatic heterocycles. The standard InChI is InChI=1S/C24H23N3O6S/c1-30-19-9-14(10-20(31-2)22(19)32-3)18(28)11-25-16-8-6-5-7-15(16)21-13-27-12-17(23(29)33-4)26-24(27)34-21/h5-10,12-13,25H,11H2,1-4H3. The fourth-order valence-corrected chi connectivity index (χ4v) is 4.50. The number of rotatable bonds is 9. The number of hydrogen-bond acceptors (Lipinski definition) is 9. The third-order valence-corrected chi connectivity index (χ3v) is 6.20. The molecule has 0 bridgehead atoms. The average Bonchev–Trinajstić information content (AvgIpc) is 3.45. The molecule has 0 atom stereocenters. The number of ketones is 1. The Morgan fingerprint density at radius 1 is 1.00 bits per heavy atom. The van der Waals surface area contributed by atoms with Crippen molar-refractivity contribution in [1.29, 1.82) is 0 Å². The number of benzene rings is 2. The maximum Gasteiger partial charge on any atom is 0.358 e. The predicted octanol–water partition coefficient (Wildman–Crippen LogP) is 4.17. The topological polar surface area (TPSA) is 100 Å². The van der Waals surface area contributed by atoms with Crippen molar-refractivity contribution in [1.82, 2.24) is 9.38 Å². The van der Waals surface area contributed by atoms with Gasteiger partial charge in [0.2, 0.25) is 5.75 Å². The Balaban J connectivity index is 1.56. The van der Waals surface area contributed by atoms with Crippen LogP contribution in [0.2, 0.25) is 0 Å². The van der Waals surface area contributed by atoms with Crippen molar-refractivity contribution in [2.45, 2.75) is 0 Å². The smallest absolute Gasteiger partial charge is 0.358 e. The van der Waals surface area contributed by atoms with E-state index in [1.165, 1.54) is 39.8 Å². The Bertz CT molecular complexity index is 1300. The van der Waals surface area contributed by atoms with Crippen LogP contribution in [0.5, 0.6) is 17.2 Å². The Morgan fingerprint density at radius 2 is 1.71 bits per heavy atom. The molecule has 176 valence electrons. The second-order valence-corrected chi connectivity index (χ2v) is 8.15. The average molecular weight is 482 g/mol. The summed E-state index contributed by atoms with van der Waals surface area (Å²) in [5.41, 5.74) is 2.39. The first-order chi connectivity index (χ1) is 16.5. The zero-order chi connectivity index (χ0) is 24.2. The minimum atomic E-state index is -0.482. The van der Waals surface area contributed by atoms with E-state index < -0.39 is 5.97 Å².